The minimum atomic E-state index is -0.0772. The molecule has 28 heavy (non-hydrogen) atoms. The summed E-state index contributed by atoms with van der Waals surface area (Å²) in [6, 6.07) is 0. The molecule has 2 aliphatic rings. The van der Waals surface area contributed by atoms with Crippen LogP contribution in [0.5, 0.6) is 0 Å². The maximum absolute atomic E-state index is 12.2. The summed E-state index contributed by atoms with van der Waals surface area (Å²) in [4.78, 5) is 12.2. The van der Waals surface area contributed by atoms with Crippen LogP contribution in [0.3, 0.4) is 0 Å². The van der Waals surface area contributed by atoms with E-state index in [9.17, 15) is 4.79 Å². The highest BCUT2D eigenvalue weighted by Gasteiger charge is 2.61. The zero-order valence-corrected chi connectivity index (χ0v) is 19.5. The molecule has 0 radical (unpaired) electrons. The molecule has 0 aromatic rings. The standard InChI is InChI=1S/C24H46NO3/c1-7-8-9-10-11-12-16-28-22(26)19-25(5,6)15-17-27-21-18-20-13-14-24(21,4)23(20,2)3/h20-21H,7-19H2,1-6H3/q+1/t20-,21+,24-/m0/s1. The van der Waals surface area contributed by atoms with Crippen LogP contribution in [0.15, 0.2) is 0 Å². The minimum absolute atomic E-state index is 0.0772. The predicted molar refractivity (Wildman–Crippen MR) is 115 cm³/mol. The molecule has 4 heteroatoms. The average molecular weight is 397 g/mol. The number of carbonyl (C=O) groups is 1. The number of likely N-dealkylation sites (N-methyl/N-ethyl adjacent to an activating group) is 1. The molecule has 2 bridgehead atoms. The van der Waals surface area contributed by atoms with Gasteiger partial charge >= 0.3 is 5.97 Å². The lowest BCUT2D eigenvalue weighted by atomic mass is 9.70. The van der Waals surface area contributed by atoms with Gasteiger partial charge < -0.3 is 14.0 Å². The van der Waals surface area contributed by atoms with Gasteiger partial charge in [0.2, 0.25) is 0 Å². The molecule has 0 heterocycles. The molecule has 0 aliphatic heterocycles. The first-order chi connectivity index (χ1) is 13.1. The molecule has 0 amide bonds. The Balaban J connectivity index is 1.61. The number of carbonyl (C=O) groups excluding carboxylic acids is 1. The van der Waals surface area contributed by atoms with E-state index in [1.165, 1.54) is 44.9 Å². The number of nitrogens with zero attached hydrogens (tertiary/aromatic N) is 1. The number of esters is 1. The summed E-state index contributed by atoms with van der Waals surface area (Å²) in [6.45, 7) is 12.1. The Bertz CT molecular complexity index is 502. The first kappa shape index (κ1) is 23.7. The van der Waals surface area contributed by atoms with Crippen molar-refractivity contribution in [3.8, 4) is 0 Å². The number of quaternary nitrogens is 1. The van der Waals surface area contributed by atoms with Crippen LogP contribution in [0.25, 0.3) is 0 Å². The van der Waals surface area contributed by atoms with E-state index in [1.807, 2.05) is 0 Å². The third-order valence-electron chi connectivity index (χ3n) is 8.05. The van der Waals surface area contributed by atoms with Crippen LogP contribution in [0.1, 0.15) is 85.5 Å². The number of hydrogen-bond acceptors (Lipinski definition) is 3. The Hall–Kier alpha value is -0.610. The molecule has 2 rings (SSSR count). The van der Waals surface area contributed by atoms with Gasteiger partial charge in [0, 0.05) is 0 Å². The SMILES string of the molecule is CCCCCCCCOC(=O)C[N+](C)(C)CCO[C@@H]1C[C@@H]2CC[C@]1(C)C2(C)C. The van der Waals surface area contributed by atoms with Crippen molar-refractivity contribution in [3.05, 3.63) is 0 Å². The van der Waals surface area contributed by atoms with E-state index >= 15 is 0 Å². The molecule has 164 valence electrons. The molecule has 2 aliphatic carbocycles. The average Bonchev–Trinajstić information content (AvgIpc) is 2.94. The zero-order chi connectivity index (χ0) is 20.8. The summed E-state index contributed by atoms with van der Waals surface area (Å²) < 4.78 is 12.5. The molecule has 2 saturated carbocycles. The van der Waals surface area contributed by atoms with Gasteiger partial charge in [-0.25, -0.2) is 4.79 Å². The topological polar surface area (TPSA) is 35.5 Å². The van der Waals surface area contributed by atoms with Crippen molar-refractivity contribution < 1.29 is 18.8 Å². The van der Waals surface area contributed by atoms with Crippen molar-refractivity contribution in [3.63, 3.8) is 0 Å². The van der Waals surface area contributed by atoms with Crippen molar-refractivity contribution in [2.24, 2.45) is 16.7 Å². The lowest BCUT2D eigenvalue weighted by Gasteiger charge is -2.39. The van der Waals surface area contributed by atoms with Gasteiger partial charge in [-0.05, 0) is 42.4 Å². The lowest BCUT2D eigenvalue weighted by molar-refractivity contribution is -0.883. The minimum Gasteiger partial charge on any atom is -0.462 e. The molecule has 2 fully saturated rings. The fourth-order valence-electron chi connectivity index (χ4n) is 5.37. The Morgan fingerprint density at radius 1 is 1.04 bits per heavy atom. The van der Waals surface area contributed by atoms with Crippen LogP contribution in [-0.4, -0.2) is 57.0 Å². The van der Waals surface area contributed by atoms with Crippen LogP contribution < -0.4 is 0 Å². The highest BCUT2D eigenvalue weighted by Crippen LogP contribution is 2.66. The second kappa shape index (κ2) is 9.93. The predicted octanol–water partition coefficient (Wildman–Crippen LogP) is 5.20. The molecule has 3 atom stereocenters. The van der Waals surface area contributed by atoms with E-state index < -0.39 is 0 Å². The van der Waals surface area contributed by atoms with Gasteiger partial charge in [-0.3, -0.25) is 0 Å². The van der Waals surface area contributed by atoms with Crippen molar-refractivity contribution in [1.29, 1.82) is 0 Å². The van der Waals surface area contributed by atoms with Gasteiger partial charge in [-0.15, -0.1) is 0 Å². The van der Waals surface area contributed by atoms with E-state index in [0.29, 0.717) is 34.6 Å². The molecule has 0 aromatic carbocycles. The van der Waals surface area contributed by atoms with E-state index in [4.69, 9.17) is 9.47 Å². The molecular weight excluding hydrogens is 350 g/mol. The molecular formula is C24H46NO3+. The number of hydrogen-bond donors (Lipinski definition) is 0. The Labute approximate surface area is 173 Å². The van der Waals surface area contributed by atoms with Crippen molar-refractivity contribution in [1.82, 2.24) is 0 Å². The van der Waals surface area contributed by atoms with Crippen LogP contribution >= 0.6 is 0 Å². The molecule has 0 N–H and O–H groups in total. The number of unbranched alkanes of at least 4 members (excludes halogenated alkanes) is 5. The molecule has 0 unspecified atom stereocenters. The Morgan fingerprint density at radius 2 is 1.71 bits per heavy atom. The third-order valence-corrected chi connectivity index (χ3v) is 8.05. The number of ether oxygens (including phenoxy) is 2. The summed E-state index contributed by atoms with van der Waals surface area (Å²) in [5.74, 6) is 0.730. The number of fused-ring (bicyclic) bond motifs is 2. The van der Waals surface area contributed by atoms with Crippen molar-refractivity contribution in [2.75, 3.05) is 40.4 Å². The van der Waals surface area contributed by atoms with Gasteiger partial charge in [0.1, 0.15) is 6.54 Å². The fourth-order valence-corrected chi connectivity index (χ4v) is 5.37. The van der Waals surface area contributed by atoms with Gasteiger partial charge in [-0.1, -0.05) is 59.8 Å². The number of rotatable bonds is 13. The Morgan fingerprint density at radius 3 is 2.32 bits per heavy atom. The first-order valence-corrected chi connectivity index (χ1v) is 11.7. The maximum atomic E-state index is 12.2. The van der Waals surface area contributed by atoms with Crippen LogP contribution in [0.4, 0.5) is 0 Å². The summed E-state index contributed by atoms with van der Waals surface area (Å²) in [7, 11) is 4.20. The Kier molecular flexibility index (Phi) is 8.39. The van der Waals surface area contributed by atoms with Crippen LogP contribution in [-0.2, 0) is 14.3 Å². The van der Waals surface area contributed by atoms with Gasteiger partial charge in [0.25, 0.3) is 0 Å². The third kappa shape index (κ3) is 5.72. The molecule has 0 saturated heterocycles. The fraction of sp³-hybridized carbons (Fsp3) is 0.958. The lowest BCUT2D eigenvalue weighted by Crippen LogP contribution is -2.47. The van der Waals surface area contributed by atoms with E-state index in [0.717, 1.165) is 31.9 Å². The normalized spacial score (nSPS) is 28.6. The summed E-state index contributed by atoms with van der Waals surface area (Å²) in [5.41, 5.74) is 0.702. The van der Waals surface area contributed by atoms with Gasteiger partial charge in [0.05, 0.1) is 33.4 Å². The second-order valence-electron chi connectivity index (χ2n) is 10.8. The van der Waals surface area contributed by atoms with Gasteiger partial charge in [0.15, 0.2) is 6.54 Å². The highest BCUT2D eigenvalue weighted by atomic mass is 16.5. The highest BCUT2D eigenvalue weighted by molar-refractivity contribution is 5.70. The van der Waals surface area contributed by atoms with E-state index in [2.05, 4.69) is 41.8 Å². The van der Waals surface area contributed by atoms with Crippen LogP contribution in [0, 0.1) is 16.7 Å². The quantitative estimate of drug-likeness (QED) is 0.244. The van der Waals surface area contributed by atoms with E-state index in [1.54, 1.807) is 0 Å². The zero-order valence-electron chi connectivity index (χ0n) is 19.5. The molecule has 4 nitrogen and oxygen atoms in total. The molecule has 0 spiro atoms. The monoisotopic (exact) mass is 396 g/mol. The van der Waals surface area contributed by atoms with Crippen LogP contribution in [0.2, 0.25) is 0 Å². The van der Waals surface area contributed by atoms with Crippen molar-refractivity contribution >= 4 is 5.97 Å². The van der Waals surface area contributed by atoms with E-state index in [-0.39, 0.29) is 5.97 Å². The molecule has 0 aromatic heterocycles. The summed E-state index contributed by atoms with van der Waals surface area (Å²) >= 11 is 0. The first-order valence-electron chi connectivity index (χ1n) is 11.7. The summed E-state index contributed by atoms with van der Waals surface area (Å²) in [6.07, 6.45) is 11.5. The smallest absolute Gasteiger partial charge is 0.361 e. The summed E-state index contributed by atoms with van der Waals surface area (Å²) in [5, 5.41) is 0. The second-order valence-corrected chi connectivity index (χ2v) is 10.8. The maximum Gasteiger partial charge on any atom is 0.361 e. The van der Waals surface area contributed by atoms with Crippen molar-refractivity contribution in [2.45, 2.75) is 91.6 Å². The largest absolute Gasteiger partial charge is 0.462 e. The van der Waals surface area contributed by atoms with Gasteiger partial charge in [-0.2, -0.15) is 0 Å².